The van der Waals surface area contributed by atoms with Gasteiger partial charge in [0.15, 0.2) is 5.65 Å². The van der Waals surface area contributed by atoms with E-state index in [1.807, 2.05) is 14.0 Å². The molecule has 0 fully saturated rings. The molecule has 0 N–H and O–H groups in total. The monoisotopic (exact) mass is 215 g/mol. The molecular weight excluding hydrogens is 209 g/mol. The van der Waals surface area contributed by atoms with Gasteiger partial charge in [-0.2, -0.15) is 5.10 Å². The van der Waals surface area contributed by atoms with Gasteiger partial charge >= 0.3 is 0 Å². The van der Waals surface area contributed by atoms with E-state index in [2.05, 4.69) is 10.1 Å². The molecule has 0 aliphatic rings. The molecule has 0 unspecified atom stereocenters. The number of aryl methyl sites for hydroxylation is 2. The van der Waals surface area contributed by atoms with Crippen LogP contribution in [0.25, 0.3) is 11.0 Å². The van der Waals surface area contributed by atoms with Crippen LogP contribution < -0.4 is 0 Å². The molecule has 3 nitrogen and oxygen atoms in total. The van der Waals surface area contributed by atoms with Crippen molar-refractivity contribution in [3.05, 3.63) is 21.9 Å². The fourth-order valence-electron chi connectivity index (χ4n) is 1.20. The van der Waals surface area contributed by atoms with Crippen molar-refractivity contribution in [3.63, 3.8) is 0 Å². The van der Waals surface area contributed by atoms with Crippen LogP contribution in [0.1, 0.15) is 5.69 Å². The van der Waals surface area contributed by atoms with Crippen LogP contribution in [0.5, 0.6) is 0 Å². The van der Waals surface area contributed by atoms with Crippen molar-refractivity contribution in [2.24, 2.45) is 7.05 Å². The Balaban J connectivity index is 2.96. The molecule has 2 rings (SSSR count). The van der Waals surface area contributed by atoms with Gasteiger partial charge < -0.3 is 0 Å². The van der Waals surface area contributed by atoms with E-state index < -0.39 is 0 Å². The lowest BCUT2D eigenvalue weighted by Crippen LogP contribution is -1.93. The maximum Gasteiger partial charge on any atom is 0.159 e. The van der Waals surface area contributed by atoms with Crippen molar-refractivity contribution in [1.29, 1.82) is 0 Å². The minimum absolute atomic E-state index is 0.502. The third kappa shape index (κ3) is 1.19. The van der Waals surface area contributed by atoms with Gasteiger partial charge in [0.2, 0.25) is 0 Å². The molecule has 68 valence electrons. The van der Waals surface area contributed by atoms with Crippen molar-refractivity contribution in [3.8, 4) is 0 Å². The SMILES string of the molecule is Cc1nc2c(cnn2C)c(Cl)c1Cl. The topological polar surface area (TPSA) is 30.7 Å². The lowest BCUT2D eigenvalue weighted by atomic mass is 10.3. The van der Waals surface area contributed by atoms with Crippen molar-refractivity contribution >= 4 is 34.2 Å². The molecule has 0 saturated heterocycles. The molecule has 0 saturated carbocycles. The van der Waals surface area contributed by atoms with Crippen LogP contribution in [0.3, 0.4) is 0 Å². The molecule has 0 radical (unpaired) electrons. The van der Waals surface area contributed by atoms with Crippen LogP contribution in [-0.4, -0.2) is 14.8 Å². The first-order chi connectivity index (χ1) is 6.11. The predicted molar refractivity (Wildman–Crippen MR) is 53.3 cm³/mol. The van der Waals surface area contributed by atoms with Crippen LogP contribution >= 0.6 is 23.2 Å². The van der Waals surface area contributed by atoms with Gasteiger partial charge in [0.25, 0.3) is 0 Å². The number of pyridine rings is 1. The number of rotatable bonds is 0. The number of aromatic nitrogens is 3. The van der Waals surface area contributed by atoms with Gasteiger partial charge in [-0.3, -0.25) is 4.68 Å². The van der Waals surface area contributed by atoms with Crippen molar-refractivity contribution in [2.45, 2.75) is 6.92 Å². The lowest BCUT2D eigenvalue weighted by molar-refractivity contribution is 0.785. The van der Waals surface area contributed by atoms with Crippen LogP contribution in [-0.2, 0) is 7.05 Å². The van der Waals surface area contributed by atoms with Crippen LogP contribution in [0, 0.1) is 6.92 Å². The summed E-state index contributed by atoms with van der Waals surface area (Å²) in [6.07, 6.45) is 1.66. The quantitative estimate of drug-likeness (QED) is 0.677. The average molecular weight is 216 g/mol. The molecule has 0 spiro atoms. The standard InChI is InChI=1S/C8H7Cl2N3/c1-4-6(9)7(10)5-3-11-13(2)8(5)12-4/h3H,1-2H3. The van der Waals surface area contributed by atoms with Gasteiger partial charge in [-0.25, -0.2) is 4.98 Å². The molecule has 0 amide bonds. The first-order valence-electron chi connectivity index (χ1n) is 3.74. The third-order valence-electron chi connectivity index (χ3n) is 1.93. The fourth-order valence-corrected chi connectivity index (χ4v) is 1.62. The Hall–Kier alpha value is -0.800. The molecule has 0 aromatic carbocycles. The molecule has 2 aromatic heterocycles. The minimum atomic E-state index is 0.502. The number of halogens is 2. The van der Waals surface area contributed by atoms with E-state index in [9.17, 15) is 0 Å². The van der Waals surface area contributed by atoms with Gasteiger partial charge in [0.05, 0.1) is 27.3 Å². The van der Waals surface area contributed by atoms with Gasteiger partial charge in [-0.05, 0) is 6.92 Å². The Labute approximate surface area is 85.3 Å². The van der Waals surface area contributed by atoms with E-state index in [1.54, 1.807) is 10.9 Å². The highest BCUT2D eigenvalue weighted by molar-refractivity contribution is 6.45. The highest BCUT2D eigenvalue weighted by Crippen LogP contribution is 2.31. The lowest BCUT2D eigenvalue weighted by Gasteiger charge is -2.01. The summed E-state index contributed by atoms with van der Waals surface area (Å²) in [4.78, 5) is 4.28. The first-order valence-corrected chi connectivity index (χ1v) is 4.50. The van der Waals surface area contributed by atoms with Gasteiger partial charge in [-0.15, -0.1) is 0 Å². The highest BCUT2D eigenvalue weighted by atomic mass is 35.5. The van der Waals surface area contributed by atoms with Crippen molar-refractivity contribution in [2.75, 3.05) is 0 Å². The Kier molecular flexibility index (Phi) is 1.93. The van der Waals surface area contributed by atoms with Gasteiger partial charge in [0, 0.05) is 7.05 Å². The van der Waals surface area contributed by atoms with E-state index in [4.69, 9.17) is 23.2 Å². The summed E-state index contributed by atoms with van der Waals surface area (Å²) in [5, 5.41) is 5.87. The smallest absolute Gasteiger partial charge is 0.159 e. The van der Waals surface area contributed by atoms with Gasteiger partial charge in [0.1, 0.15) is 0 Å². The summed E-state index contributed by atoms with van der Waals surface area (Å²) < 4.78 is 1.67. The Morgan fingerprint density at radius 3 is 2.69 bits per heavy atom. The molecule has 0 atom stereocenters. The minimum Gasteiger partial charge on any atom is -0.250 e. The second-order valence-corrected chi connectivity index (χ2v) is 3.59. The molecule has 5 heteroatoms. The summed E-state index contributed by atoms with van der Waals surface area (Å²) in [5.41, 5.74) is 1.48. The number of hydrogen-bond donors (Lipinski definition) is 0. The molecule has 2 heterocycles. The molecular formula is C8H7Cl2N3. The van der Waals surface area contributed by atoms with E-state index in [0.29, 0.717) is 10.0 Å². The second-order valence-electron chi connectivity index (χ2n) is 2.83. The van der Waals surface area contributed by atoms with E-state index in [-0.39, 0.29) is 0 Å². The summed E-state index contributed by atoms with van der Waals surface area (Å²) in [7, 11) is 1.82. The van der Waals surface area contributed by atoms with Crippen molar-refractivity contribution < 1.29 is 0 Å². The van der Waals surface area contributed by atoms with E-state index in [1.165, 1.54) is 0 Å². The second kappa shape index (κ2) is 2.86. The Morgan fingerprint density at radius 2 is 2.00 bits per heavy atom. The maximum atomic E-state index is 6.02. The summed E-state index contributed by atoms with van der Waals surface area (Å²) in [6, 6.07) is 0. The molecule has 2 aromatic rings. The maximum absolute atomic E-state index is 6.02. The number of fused-ring (bicyclic) bond motifs is 1. The van der Waals surface area contributed by atoms with Crippen molar-refractivity contribution in [1.82, 2.24) is 14.8 Å². The van der Waals surface area contributed by atoms with Crippen LogP contribution in [0.15, 0.2) is 6.20 Å². The Bertz CT molecular complexity index is 476. The molecule has 0 bridgehead atoms. The predicted octanol–water partition coefficient (Wildman–Crippen LogP) is 2.58. The number of hydrogen-bond acceptors (Lipinski definition) is 2. The third-order valence-corrected chi connectivity index (χ3v) is 2.88. The van der Waals surface area contributed by atoms with E-state index in [0.717, 1.165) is 16.7 Å². The van der Waals surface area contributed by atoms with Crippen LogP contribution in [0.2, 0.25) is 10.0 Å². The normalized spacial score (nSPS) is 11.1. The summed E-state index contributed by atoms with van der Waals surface area (Å²) in [6.45, 7) is 1.82. The largest absolute Gasteiger partial charge is 0.250 e. The van der Waals surface area contributed by atoms with E-state index >= 15 is 0 Å². The zero-order chi connectivity index (χ0) is 9.59. The fraction of sp³-hybridized carbons (Fsp3) is 0.250. The summed E-state index contributed by atoms with van der Waals surface area (Å²) in [5.74, 6) is 0. The zero-order valence-electron chi connectivity index (χ0n) is 7.17. The van der Waals surface area contributed by atoms with Gasteiger partial charge in [-0.1, -0.05) is 23.2 Å². The highest BCUT2D eigenvalue weighted by Gasteiger charge is 2.11. The zero-order valence-corrected chi connectivity index (χ0v) is 8.69. The average Bonchev–Trinajstić information content (AvgIpc) is 2.45. The first kappa shape index (κ1) is 8.78. The summed E-state index contributed by atoms with van der Waals surface area (Å²) >= 11 is 12.0. The Morgan fingerprint density at radius 1 is 1.31 bits per heavy atom. The van der Waals surface area contributed by atoms with Crippen LogP contribution in [0.4, 0.5) is 0 Å². The molecule has 0 aliphatic carbocycles. The molecule has 13 heavy (non-hydrogen) atoms. The molecule has 0 aliphatic heterocycles. The number of nitrogens with zero attached hydrogens (tertiary/aromatic N) is 3.